The zero-order valence-electron chi connectivity index (χ0n) is 32.0. The monoisotopic (exact) mass is 709 g/mol. The van der Waals surface area contributed by atoms with Gasteiger partial charge in [0.05, 0.1) is 24.8 Å². The van der Waals surface area contributed by atoms with E-state index >= 15 is 0 Å². The SMILES string of the molecule is COC1CC2CCC(=O)CC(=O)[C@@H]3C[C@@H]([C@H](CO)CCC4CCCCC4)C[C@@H](CC4CCNC(N)C4)C[C@@H]3C#C[C@H](C3CCCCC3)C2CC1O. The highest BCUT2D eigenvalue weighted by Gasteiger charge is 2.44. The van der Waals surface area contributed by atoms with Gasteiger partial charge in [0.2, 0.25) is 0 Å². The third-order valence-electron chi connectivity index (χ3n) is 15.1. The normalized spacial score (nSPS) is 40.0. The quantitative estimate of drug-likeness (QED) is 0.148. The van der Waals surface area contributed by atoms with E-state index in [1.54, 1.807) is 7.11 Å². The number of fused-ring (bicyclic) bond motifs is 2. The molecule has 51 heavy (non-hydrogen) atoms. The largest absolute Gasteiger partial charge is 0.396 e. The van der Waals surface area contributed by atoms with Crippen molar-refractivity contribution in [3.05, 3.63) is 0 Å². The summed E-state index contributed by atoms with van der Waals surface area (Å²) in [5, 5.41) is 25.6. The fraction of sp³-hybridized carbons (Fsp3) is 0.909. The third-order valence-corrected chi connectivity index (χ3v) is 15.1. The minimum atomic E-state index is -0.509. The molecule has 6 unspecified atom stereocenters. The summed E-state index contributed by atoms with van der Waals surface area (Å²) in [6, 6.07) is 0. The maximum absolute atomic E-state index is 14.4. The van der Waals surface area contributed by atoms with Gasteiger partial charge in [-0.25, -0.2) is 0 Å². The summed E-state index contributed by atoms with van der Waals surface area (Å²) in [5.74, 6) is 11.1. The second-order valence-corrected chi connectivity index (χ2v) is 18.4. The van der Waals surface area contributed by atoms with Gasteiger partial charge in [-0.3, -0.25) is 9.59 Å². The summed E-state index contributed by atoms with van der Waals surface area (Å²) >= 11 is 0. The van der Waals surface area contributed by atoms with E-state index < -0.39 is 6.10 Å². The molecular formula is C44H72N2O5. The van der Waals surface area contributed by atoms with Crippen LogP contribution in [0, 0.1) is 76.9 Å². The number of aliphatic hydroxyl groups excluding tert-OH is 2. The number of piperidine rings is 1. The Labute approximate surface area is 309 Å². The molecule has 7 nitrogen and oxygen atoms in total. The van der Waals surface area contributed by atoms with Gasteiger partial charge in [-0.1, -0.05) is 69.6 Å². The fourth-order valence-electron chi connectivity index (χ4n) is 12.2. The van der Waals surface area contributed by atoms with E-state index in [0.717, 1.165) is 70.3 Å². The van der Waals surface area contributed by atoms with Gasteiger partial charge in [0.25, 0.3) is 0 Å². The molecule has 1 aliphatic heterocycles. The Bertz CT molecular complexity index is 1170. The number of hydrogen-bond donors (Lipinski definition) is 4. The second-order valence-electron chi connectivity index (χ2n) is 18.4. The molecule has 4 saturated carbocycles. The predicted molar refractivity (Wildman–Crippen MR) is 202 cm³/mol. The first-order chi connectivity index (χ1) is 24.8. The van der Waals surface area contributed by atoms with Crippen molar-refractivity contribution in [2.24, 2.45) is 70.8 Å². The number of nitrogens with one attached hydrogen (secondary N) is 1. The Morgan fingerprint density at radius 1 is 0.843 bits per heavy atom. The van der Waals surface area contributed by atoms with Crippen molar-refractivity contribution in [1.82, 2.24) is 5.32 Å². The van der Waals surface area contributed by atoms with Gasteiger partial charge < -0.3 is 26.0 Å². The Balaban J connectivity index is 1.33. The van der Waals surface area contributed by atoms with E-state index in [0.29, 0.717) is 30.6 Å². The molecule has 12 atom stereocenters. The molecule has 0 bridgehead atoms. The van der Waals surface area contributed by atoms with Crippen LogP contribution in [0.4, 0.5) is 0 Å². The first-order valence-electron chi connectivity index (χ1n) is 21.7. The lowest BCUT2D eigenvalue weighted by Gasteiger charge is -2.44. The Hall–Kier alpha value is -1.30. The van der Waals surface area contributed by atoms with E-state index in [4.69, 9.17) is 10.5 Å². The van der Waals surface area contributed by atoms with Crippen molar-refractivity contribution < 1.29 is 24.5 Å². The molecule has 0 aromatic carbocycles. The molecule has 6 rings (SSSR count). The molecule has 6 aliphatic rings. The number of Topliss-reactive ketones (excluding diaryl/α,β-unsaturated/α-hetero) is 2. The molecule has 5 aliphatic carbocycles. The molecule has 5 N–H and O–H groups in total. The summed E-state index contributed by atoms with van der Waals surface area (Å²) in [6.45, 7) is 1.13. The summed E-state index contributed by atoms with van der Waals surface area (Å²) in [6.07, 6.45) is 22.8. The standard InChI is InChI=1S/C44H72N2O5/c1-51-43-25-34-14-16-37(48)26-41(49)40-24-36(35(28-47)13-12-29-8-4-2-5-9-29)22-31(20-30-18-19-46-44(45)23-30)21-33(40)15-17-38(39(34)27-42(43)50)32-10-6-3-7-11-32/h29-36,38-40,42-44,46-47,50H,2-14,16,18-28,45H2,1H3/t30?,31-,33-,34?,35-,36-,38+,39?,40+,42?,43?,44?/m0/s1. The number of carbonyl (C=O) groups excluding carboxylic acids is 2. The van der Waals surface area contributed by atoms with Gasteiger partial charge in [-0.05, 0) is 131 Å². The highest BCUT2D eigenvalue weighted by molar-refractivity contribution is 6.00. The first-order valence-corrected chi connectivity index (χ1v) is 21.7. The van der Waals surface area contributed by atoms with Gasteiger partial charge in [-0.2, -0.15) is 0 Å². The highest BCUT2D eigenvalue weighted by Crippen LogP contribution is 2.47. The Morgan fingerprint density at radius 2 is 1.61 bits per heavy atom. The van der Waals surface area contributed by atoms with Crippen molar-refractivity contribution in [1.29, 1.82) is 0 Å². The van der Waals surface area contributed by atoms with E-state index in [1.807, 2.05) is 0 Å². The lowest BCUT2D eigenvalue weighted by Crippen LogP contribution is -2.44. The van der Waals surface area contributed by atoms with Gasteiger partial charge in [0.15, 0.2) is 0 Å². The number of carbonyl (C=O) groups is 2. The van der Waals surface area contributed by atoms with E-state index in [1.165, 1.54) is 70.6 Å². The molecule has 1 saturated heterocycles. The van der Waals surface area contributed by atoms with E-state index in [-0.39, 0.29) is 78.3 Å². The van der Waals surface area contributed by atoms with E-state index in [9.17, 15) is 19.8 Å². The average Bonchev–Trinajstić information content (AvgIpc) is 3.31. The molecule has 288 valence electrons. The number of nitrogens with two attached hydrogens (primary N) is 1. The minimum Gasteiger partial charge on any atom is -0.396 e. The lowest BCUT2D eigenvalue weighted by molar-refractivity contribution is -0.131. The topological polar surface area (TPSA) is 122 Å². The van der Waals surface area contributed by atoms with Gasteiger partial charge in [-0.15, -0.1) is 0 Å². The number of ketones is 2. The Kier molecular flexibility index (Phi) is 14.9. The van der Waals surface area contributed by atoms with Gasteiger partial charge in [0.1, 0.15) is 11.6 Å². The molecule has 0 aromatic heterocycles. The number of aliphatic hydroxyl groups is 2. The summed E-state index contributed by atoms with van der Waals surface area (Å²) in [7, 11) is 1.69. The van der Waals surface area contributed by atoms with Gasteiger partial charge >= 0.3 is 0 Å². The number of hydrogen-bond acceptors (Lipinski definition) is 7. The van der Waals surface area contributed by atoms with Crippen molar-refractivity contribution >= 4 is 11.6 Å². The molecule has 0 aromatic rings. The van der Waals surface area contributed by atoms with Crippen molar-refractivity contribution in [2.45, 2.75) is 166 Å². The van der Waals surface area contributed by atoms with Gasteiger partial charge in [0, 0.05) is 37.9 Å². The lowest BCUT2D eigenvalue weighted by atomic mass is 9.63. The van der Waals surface area contributed by atoms with Crippen LogP contribution in [0.25, 0.3) is 0 Å². The summed E-state index contributed by atoms with van der Waals surface area (Å²) in [5.41, 5.74) is 6.40. The second kappa shape index (κ2) is 19.3. The molecule has 5 fully saturated rings. The van der Waals surface area contributed by atoms with Crippen molar-refractivity contribution in [3.8, 4) is 11.8 Å². The van der Waals surface area contributed by atoms with Crippen LogP contribution in [0.15, 0.2) is 0 Å². The molecular weight excluding hydrogens is 636 g/mol. The van der Waals surface area contributed by atoms with Crippen LogP contribution >= 0.6 is 0 Å². The maximum Gasteiger partial charge on any atom is 0.144 e. The zero-order valence-corrected chi connectivity index (χ0v) is 32.0. The van der Waals surface area contributed by atoms with Crippen LogP contribution in [0.2, 0.25) is 0 Å². The molecule has 0 spiro atoms. The maximum atomic E-state index is 14.4. The number of methoxy groups -OCH3 is 1. The van der Waals surface area contributed by atoms with E-state index in [2.05, 4.69) is 17.2 Å². The van der Waals surface area contributed by atoms with Crippen LogP contribution in [-0.2, 0) is 14.3 Å². The Morgan fingerprint density at radius 3 is 2.33 bits per heavy atom. The highest BCUT2D eigenvalue weighted by atomic mass is 16.5. The van der Waals surface area contributed by atoms with Crippen molar-refractivity contribution in [2.75, 3.05) is 20.3 Å². The van der Waals surface area contributed by atoms with Crippen LogP contribution in [0.5, 0.6) is 0 Å². The summed E-state index contributed by atoms with van der Waals surface area (Å²) < 4.78 is 5.75. The zero-order chi connectivity index (χ0) is 35.7. The summed E-state index contributed by atoms with van der Waals surface area (Å²) in [4.78, 5) is 28.1. The molecule has 0 amide bonds. The molecule has 7 heteroatoms. The van der Waals surface area contributed by atoms with Crippen molar-refractivity contribution in [3.63, 3.8) is 0 Å². The molecule has 0 radical (unpaired) electrons. The fourth-order valence-corrected chi connectivity index (χ4v) is 12.2. The number of rotatable bonds is 9. The smallest absolute Gasteiger partial charge is 0.144 e. The van der Waals surface area contributed by atoms with Crippen LogP contribution in [0.3, 0.4) is 0 Å². The van der Waals surface area contributed by atoms with Crippen LogP contribution in [-0.4, -0.2) is 60.4 Å². The predicted octanol–water partition coefficient (Wildman–Crippen LogP) is 7.20. The minimum absolute atomic E-state index is 0.00895. The number of ether oxygens (including phenoxy) is 1. The third kappa shape index (κ3) is 10.7. The average molecular weight is 709 g/mol. The first kappa shape index (κ1) is 39.4. The van der Waals surface area contributed by atoms with Crippen LogP contribution < -0.4 is 11.1 Å². The molecule has 1 heterocycles. The van der Waals surface area contributed by atoms with Crippen LogP contribution in [0.1, 0.15) is 148 Å².